The van der Waals surface area contributed by atoms with Crippen LogP contribution in [0.3, 0.4) is 0 Å². The number of piperazine rings is 1. The molecule has 4 nitrogen and oxygen atoms in total. The lowest BCUT2D eigenvalue weighted by Gasteiger charge is -2.35. The number of fused-ring (bicyclic) bond motifs is 3. The van der Waals surface area contributed by atoms with Crippen LogP contribution in [0.15, 0.2) is 48.7 Å². The topological polar surface area (TPSA) is 32.6 Å². The fourth-order valence-electron chi connectivity index (χ4n) is 4.34. The number of nitrogens with zero attached hydrogens (tertiary/aromatic N) is 3. The van der Waals surface area contributed by atoms with Crippen molar-refractivity contribution in [2.24, 2.45) is 0 Å². The van der Waals surface area contributed by atoms with Crippen molar-refractivity contribution in [1.29, 1.82) is 0 Å². The molecule has 1 aromatic carbocycles. The third kappa shape index (κ3) is 2.65. The van der Waals surface area contributed by atoms with Crippen LogP contribution < -0.4 is 5.32 Å². The zero-order valence-corrected chi connectivity index (χ0v) is 14.8. The average Bonchev–Trinajstić information content (AvgIpc) is 3.09. The van der Waals surface area contributed by atoms with Crippen LogP contribution in [0.1, 0.15) is 18.5 Å². The van der Waals surface area contributed by atoms with Crippen LogP contribution in [0, 0.1) is 0 Å². The normalized spacial score (nSPS) is 23.4. The van der Waals surface area contributed by atoms with Crippen molar-refractivity contribution in [2.75, 3.05) is 13.1 Å². The van der Waals surface area contributed by atoms with Crippen LogP contribution in [0.5, 0.6) is 0 Å². The van der Waals surface area contributed by atoms with Gasteiger partial charge in [0.25, 0.3) is 0 Å². The number of hydrogen-bond donors (Lipinski definition) is 1. The molecule has 0 radical (unpaired) electrons. The molecule has 0 aliphatic carbocycles. The van der Waals surface area contributed by atoms with Crippen LogP contribution >= 0.6 is 11.6 Å². The van der Waals surface area contributed by atoms with Gasteiger partial charge in [-0.3, -0.25) is 4.90 Å². The van der Waals surface area contributed by atoms with Crippen molar-refractivity contribution in [3.63, 3.8) is 0 Å². The second-order valence-electron chi connectivity index (χ2n) is 7.06. The minimum absolute atomic E-state index is 0.645. The number of imidazole rings is 1. The second-order valence-corrected chi connectivity index (χ2v) is 7.49. The first-order chi connectivity index (χ1) is 12.3. The molecule has 2 saturated heterocycles. The van der Waals surface area contributed by atoms with Crippen LogP contribution in [0.2, 0.25) is 5.02 Å². The van der Waals surface area contributed by atoms with Crippen molar-refractivity contribution >= 4 is 17.2 Å². The van der Waals surface area contributed by atoms with E-state index in [9.17, 15) is 0 Å². The summed E-state index contributed by atoms with van der Waals surface area (Å²) in [6.45, 7) is 3.15. The molecule has 2 aliphatic heterocycles. The van der Waals surface area contributed by atoms with Crippen molar-refractivity contribution < 1.29 is 0 Å². The maximum atomic E-state index is 6.08. The number of aromatic nitrogens is 2. The highest BCUT2D eigenvalue weighted by Crippen LogP contribution is 2.32. The van der Waals surface area contributed by atoms with E-state index in [1.807, 2.05) is 18.2 Å². The molecule has 2 unspecified atom stereocenters. The molecule has 3 aromatic rings. The standard InChI is InChI=1S/C20H21ClN4/c21-15-6-4-14(5-7-15)20-18(24-10-2-1-3-19(24)23-20)13-25-16-8-9-17(25)12-22-11-16/h1-7,10,16-17,22H,8-9,11-13H2. The Bertz CT molecular complexity index is 886. The minimum Gasteiger partial charge on any atom is -0.314 e. The molecule has 0 saturated carbocycles. The highest BCUT2D eigenvalue weighted by molar-refractivity contribution is 6.30. The monoisotopic (exact) mass is 352 g/mol. The molecular weight excluding hydrogens is 332 g/mol. The van der Waals surface area contributed by atoms with Gasteiger partial charge in [-0.05, 0) is 37.1 Å². The molecule has 2 aromatic heterocycles. The predicted octanol–water partition coefficient (Wildman–Crippen LogP) is 3.59. The summed E-state index contributed by atoms with van der Waals surface area (Å²) in [5, 5.41) is 4.33. The van der Waals surface area contributed by atoms with Gasteiger partial charge in [-0.1, -0.05) is 29.8 Å². The van der Waals surface area contributed by atoms with E-state index in [2.05, 4.69) is 45.1 Å². The number of benzene rings is 1. The Morgan fingerprint density at radius 3 is 2.56 bits per heavy atom. The zero-order valence-electron chi connectivity index (χ0n) is 14.0. The first-order valence-electron chi connectivity index (χ1n) is 8.98. The Balaban J connectivity index is 1.60. The Morgan fingerprint density at radius 1 is 1.04 bits per heavy atom. The molecule has 5 heteroatoms. The highest BCUT2D eigenvalue weighted by atomic mass is 35.5. The SMILES string of the molecule is Clc1ccc(-c2nc3ccccn3c2CN2C3CCC2CNC3)cc1. The van der Waals surface area contributed by atoms with Gasteiger partial charge < -0.3 is 9.72 Å². The Hall–Kier alpha value is -1.88. The van der Waals surface area contributed by atoms with E-state index in [1.54, 1.807) is 0 Å². The third-order valence-corrected chi connectivity index (χ3v) is 5.86. The molecular formula is C20H21ClN4. The molecule has 5 rings (SSSR count). The lowest BCUT2D eigenvalue weighted by Crippen LogP contribution is -2.51. The number of pyridine rings is 1. The van der Waals surface area contributed by atoms with Crippen LogP contribution in [0.4, 0.5) is 0 Å². The van der Waals surface area contributed by atoms with Crippen LogP contribution in [-0.4, -0.2) is 39.5 Å². The molecule has 1 N–H and O–H groups in total. The van der Waals surface area contributed by atoms with Crippen molar-refractivity contribution in [3.05, 3.63) is 59.4 Å². The fourth-order valence-corrected chi connectivity index (χ4v) is 4.46. The smallest absolute Gasteiger partial charge is 0.137 e. The van der Waals surface area contributed by atoms with Crippen molar-refractivity contribution in [2.45, 2.75) is 31.5 Å². The van der Waals surface area contributed by atoms with Crippen LogP contribution in [-0.2, 0) is 6.54 Å². The summed E-state index contributed by atoms with van der Waals surface area (Å²) in [4.78, 5) is 7.60. The summed E-state index contributed by atoms with van der Waals surface area (Å²) in [5.41, 5.74) is 4.48. The maximum absolute atomic E-state index is 6.08. The van der Waals surface area contributed by atoms with Gasteiger partial charge in [0, 0.05) is 48.5 Å². The zero-order chi connectivity index (χ0) is 16.8. The Morgan fingerprint density at radius 2 is 1.80 bits per heavy atom. The summed E-state index contributed by atoms with van der Waals surface area (Å²) >= 11 is 6.08. The average molecular weight is 353 g/mol. The summed E-state index contributed by atoms with van der Waals surface area (Å²) in [6, 6.07) is 15.5. The van der Waals surface area contributed by atoms with Gasteiger partial charge in [-0.25, -0.2) is 4.98 Å². The van der Waals surface area contributed by atoms with Gasteiger partial charge in [0.05, 0.1) is 11.4 Å². The Kier molecular flexibility index (Phi) is 3.77. The molecule has 25 heavy (non-hydrogen) atoms. The highest BCUT2D eigenvalue weighted by Gasteiger charge is 2.37. The van der Waals surface area contributed by atoms with E-state index >= 15 is 0 Å². The largest absolute Gasteiger partial charge is 0.314 e. The molecule has 4 heterocycles. The molecule has 128 valence electrons. The number of rotatable bonds is 3. The van der Waals surface area contributed by atoms with Crippen molar-refractivity contribution in [1.82, 2.24) is 19.6 Å². The molecule has 0 amide bonds. The van der Waals surface area contributed by atoms with Gasteiger partial charge in [0.15, 0.2) is 0 Å². The summed E-state index contributed by atoms with van der Waals surface area (Å²) in [7, 11) is 0. The maximum Gasteiger partial charge on any atom is 0.137 e. The van der Waals surface area contributed by atoms with Gasteiger partial charge in [-0.15, -0.1) is 0 Å². The van der Waals surface area contributed by atoms with E-state index < -0.39 is 0 Å². The number of halogens is 1. The van der Waals surface area contributed by atoms with Gasteiger partial charge in [-0.2, -0.15) is 0 Å². The summed E-state index contributed by atoms with van der Waals surface area (Å²) in [6.07, 6.45) is 4.72. The van der Waals surface area contributed by atoms with E-state index in [0.717, 1.165) is 41.6 Å². The number of nitrogens with one attached hydrogen (secondary N) is 1. The van der Waals surface area contributed by atoms with E-state index in [1.165, 1.54) is 18.5 Å². The minimum atomic E-state index is 0.645. The molecule has 2 fully saturated rings. The Labute approximate surface area is 152 Å². The van der Waals surface area contributed by atoms with Gasteiger partial charge >= 0.3 is 0 Å². The molecule has 2 atom stereocenters. The van der Waals surface area contributed by atoms with E-state index in [0.29, 0.717) is 12.1 Å². The second kappa shape index (κ2) is 6.13. The summed E-state index contributed by atoms with van der Waals surface area (Å²) < 4.78 is 2.24. The molecule has 2 aliphatic rings. The van der Waals surface area contributed by atoms with Gasteiger partial charge in [0.2, 0.25) is 0 Å². The lowest BCUT2D eigenvalue weighted by molar-refractivity contribution is 0.143. The van der Waals surface area contributed by atoms with Gasteiger partial charge in [0.1, 0.15) is 5.65 Å². The van der Waals surface area contributed by atoms with E-state index in [-0.39, 0.29) is 0 Å². The van der Waals surface area contributed by atoms with Crippen molar-refractivity contribution in [3.8, 4) is 11.3 Å². The third-order valence-electron chi connectivity index (χ3n) is 5.61. The predicted molar refractivity (Wildman–Crippen MR) is 101 cm³/mol. The first-order valence-corrected chi connectivity index (χ1v) is 9.36. The quantitative estimate of drug-likeness (QED) is 0.781. The molecule has 2 bridgehead atoms. The van der Waals surface area contributed by atoms with Crippen LogP contribution in [0.25, 0.3) is 16.9 Å². The molecule has 0 spiro atoms. The fraction of sp³-hybridized carbons (Fsp3) is 0.350. The van der Waals surface area contributed by atoms with E-state index in [4.69, 9.17) is 16.6 Å². The summed E-state index contributed by atoms with van der Waals surface area (Å²) in [5.74, 6) is 0. The number of hydrogen-bond acceptors (Lipinski definition) is 3. The first kappa shape index (κ1) is 15.4. The lowest BCUT2D eigenvalue weighted by atomic mass is 10.1.